The monoisotopic (exact) mass is 509 g/mol. The molecule has 1 saturated heterocycles. The van der Waals surface area contributed by atoms with E-state index in [1.807, 2.05) is 13.8 Å². The van der Waals surface area contributed by atoms with Crippen LogP contribution < -0.4 is 5.32 Å². The lowest BCUT2D eigenvalue weighted by Gasteiger charge is -2.22. The first-order valence-corrected chi connectivity index (χ1v) is 9.41. The van der Waals surface area contributed by atoms with Crippen LogP contribution in [0.2, 0.25) is 5.02 Å². The van der Waals surface area contributed by atoms with Gasteiger partial charge in [0.05, 0.1) is 13.0 Å². The van der Waals surface area contributed by atoms with Crippen molar-refractivity contribution in [1.29, 1.82) is 0 Å². The standard InChI is InChI=1S/C19H25ClFN3O2.HI/c1-4-22-19(24-9-11(2)13(10-24)18(25)26-3)23-16-8-12(16)17-14(20)6-5-7-15(17)21;/h5-7,11-13,16H,4,8-10H2,1-3H3,(H,22,23);1H. The Kier molecular flexibility index (Phi) is 7.73. The van der Waals surface area contributed by atoms with Gasteiger partial charge in [0.15, 0.2) is 5.96 Å². The molecule has 0 spiro atoms. The molecular formula is C19H26ClFIN3O2. The number of guanidine groups is 1. The fourth-order valence-corrected chi connectivity index (χ4v) is 3.99. The van der Waals surface area contributed by atoms with Crippen LogP contribution in [0, 0.1) is 17.7 Å². The smallest absolute Gasteiger partial charge is 0.310 e. The van der Waals surface area contributed by atoms with Gasteiger partial charge in [-0.1, -0.05) is 24.6 Å². The van der Waals surface area contributed by atoms with Crippen molar-refractivity contribution >= 4 is 47.5 Å². The van der Waals surface area contributed by atoms with E-state index in [1.165, 1.54) is 13.2 Å². The zero-order chi connectivity index (χ0) is 18.8. The van der Waals surface area contributed by atoms with E-state index in [2.05, 4.69) is 15.2 Å². The topological polar surface area (TPSA) is 53.9 Å². The van der Waals surface area contributed by atoms with Gasteiger partial charge in [-0.05, 0) is 31.4 Å². The number of rotatable bonds is 4. The van der Waals surface area contributed by atoms with Gasteiger partial charge < -0.3 is 15.0 Å². The fourth-order valence-electron chi connectivity index (χ4n) is 3.69. The number of hydrogen-bond acceptors (Lipinski definition) is 3. The van der Waals surface area contributed by atoms with Crippen molar-refractivity contribution in [2.75, 3.05) is 26.7 Å². The molecule has 1 aliphatic heterocycles. The number of nitrogens with zero attached hydrogens (tertiary/aromatic N) is 2. The quantitative estimate of drug-likeness (QED) is 0.291. The Labute approximate surface area is 181 Å². The molecule has 3 rings (SSSR count). The molecule has 1 heterocycles. The van der Waals surface area contributed by atoms with Gasteiger partial charge in [0.1, 0.15) is 5.82 Å². The Bertz CT molecular complexity index is 698. The Hall–Kier alpha value is -1.09. The molecule has 4 unspecified atom stereocenters. The third-order valence-electron chi connectivity index (χ3n) is 5.20. The summed E-state index contributed by atoms with van der Waals surface area (Å²) < 4.78 is 19.0. The SMILES string of the molecule is CCN=C(NC1CC1c1c(F)cccc1Cl)N1CC(C)C(C(=O)OC)C1.I. The second-order valence-electron chi connectivity index (χ2n) is 7.04. The van der Waals surface area contributed by atoms with Crippen molar-refractivity contribution in [3.05, 3.63) is 34.6 Å². The van der Waals surface area contributed by atoms with E-state index in [-0.39, 0.29) is 59.6 Å². The van der Waals surface area contributed by atoms with Crippen LogP contribution in [0.15, 0.2) is 23.2 Å². The lowest BCUT2D eigenvalue weighted by atomic mass is 9.99. The Morgan fingerprint density at radius 1 is 1.44 bits per heavy atom. The second-order valence-corrected chi connectivity index (χ2v) is 7.45. The molecule has 8 heteroatoms. The van der Waals surface area contributed by atoms with Crippen LogP contribution in [0.5, 0.6) is 0 Å². The van der Waals surface area contributed by atoms with Crippen LogP contribution in [0.1, 0.15) is 31.7 Å². The second kappa shape index (κ2) is 9.41. The summed E-state index contributed by atoms with van der Waals surface area (Å²) in [5.41, 5.74) is 0.574. The largest absolute Gasteiger partial charge is 0.469 e. The highest BCUT2D eigenvalue weighted by Gasteiger charge is 2.44. The molecule has 1 aromatic rings. The summed E-state index contributed by atoms with van der Waals surface area (Å²) in [5.74, 6) is 0.412. The predicted molar refractivity (Wildman–Crippen MR) is 115 cm³/mol. The Morgan fingerprint density at radius 3 is 2.81 bits per heavy atom. The summed E-state index contributed by atoms with van der Waals surface area (Å²) in [5, 5.41) is 3.90. The van der Waals surface area contributed by atoms with Crippen molar-refractivity contribution in [2.24, 2.45) is 16.8 Å². The minimum atomic E-state index is -0.263. The molecule has 2 aliphatic rings. The van der Waals surface area contributed by atoms with Crippen LogP contribution in [-0.4, -0.2) is 49.6 Å². The number of benzene rings is 1. The third-order valence-corrected chi connectivity index (χ3v) is 5.53. The van der Waals surface area contributed by atoms with Gasteiger partial charge in [-0.15, -0.1) is 24.0 Å². The van der Waals surface area contributed by atoms with E-state index < -0.39 is 0 Å². The fraction of sp³-hybridized carbons (Fsp3) is 0.579. The molecule has 4 atom stereocenters. The summed E-state index contributed by atoms with van der Waals surface area (Å²) in [4.78, 5) is 18.6. The number of carbonyl (C=O) groups is 1. The van der Waals surface area contributed by atoms with E-state index >= 15 is 0 Å². The van der Waals surface area contributed by atoms with Crippen molar-refractivity contribution in [2.45, 2.75) is 32.2 Å². The molecule has 0 amide bonds. The zero-order valence-electron chi connectivity index (χ0n) is 15.7. The summed E-state index contributed by atoms with van der Waals surface area (Å²) in [7, 11) is 1.42. The lowest BCUT2D eigenvalue weighted by Crippen LogP contribution is -2.42. The van der Waals surface area contributed by atoms with Crippen molar-refractivity contribution in [3.63, 3.8) is 0 Å². The summed E-state index contributed by atoms with van der Waals surface area (Å²) in [6.45, 7) is 5.97. The normalized spacial score (nSPS) is 27.1. The summed E-state index contributed by atoms with van der Waals surface area (Å²) in [6, 6.07) is 4.89. The molecule has 0 bridgehead atoms. The maximum absolute atomic E-state index is 14.1. The number of esters is 1. The van der Waals surface area contributed by atoms with E-state index in [4.69, 9.17) is 16.3 Å². The van der Waals surface area contributed by atoms with E-state index in [9.17, 15) is 9.18 Å². The minimum Gasteiger partial charge on any atom is -0.469 e. The van der Waals surface area contributed by atoms with Gasteiger partial charge in [-0.3, -0.25) is 9.79 Å². The lowest BCUT2D eigenvalue weighted by molar-refractivity contribution is -0.145. The van der Waals surface area contributed by atoms with Crippen molar-refractivity contribution in [1.82, 2.24) is 10.2 Å². The zero-order valence-corrected chi connectivity index (χ0v) is 18.8. The molecule has 150 valence electrons. The highest BCUT2D eigenvalue weighted by atomic mass is 127. The molecule has 27 heavy (non-hydrogen) atoms. The van der Waals surface area contributed by atoms with Crippen LogP contribution >= 0.6 is 35.6 Å². The number of aliphatic imine (C=N–C) groups is 1. The van der Waals surface area contributed by atoms with Gasteiger partial charge in [-0.25, -0.2) is 4.39 Å². The van der Waals surface area contributed by atoms with Gasteiger partial charge in [0.2, 0.25) is 0 Å². The summed E-state index contributed by atoms with van der Waals surface area (Å²) >= 11 is 6.18. The number of methoxy groups -OCH3 is 1. The molecule has 1 saturated carbocycles. The van der Waals surface area contributed by atoms with Crippen LogP contribution in [0.4, 0.5) is 4.39 Å². The highest BCUT2D eigenvalue weighted by molar-refractivity contribution is 14.0. The van der Waals surface area contributed by atoms with Crippen molar-refractivity contribution < 1.29 is 13.9 Å². The molecule has 0 radical (unpaired) electrons. The van der Waals surface area contributed by atoms with Gasteiger partial charge in [0.25, 0.3) is 0 Å². The molecule has 1 aliphatic carbocycles. The van der Waals surface area contributed by atoms with Crippen LogP contribution in [0.25, 0.3) is 0 Å². The number of hydrogen-bond donors (Lipinski definition) is 1. The predicted octanol–water partition coefficient (Wildman–Crippen LogP) is 3.66. The van der Waals surface area contributed by atoms with Crippen LogP contribution in [-0.2, 0) is 9.53 Å². The first-order chi connectivity index (χ1) is 12.5. The average molecular weight is 510 g/mol. The summed E-state index contributed by atoms with van der Waals surface area (Å²) in [6.07, 6.45) is 0.813. The Balaban J connectivity index is 0.00000261. The minimum absolute atomic E-state index is 0. The number of halogens is 3. The van der Waals surface area contributed by atoms with Crippen molar-refractivity contribution in [3.8, 4) is 0 Å². The molecule has 2 fully saturated rings. The number of ether oxygens (including phenoxy) is 1. The third kappa shape index (κ3) is 4.85. The van der Waals surface area contributed by atoms with Crippen LogP contribution in [0.3, 0.4) is 0 Å². The van der Waals surface area contributed by atoms with E-state index in [0.29, 0.717) is 23.7 Å². The first-order valence-electron chi connectivity index (χ1n) is 9.03. The Morgan fingerprint density at radius 2 is 2.19 bits per heavy atom. The van der Waals surface area contributed by atoms with Gasteiger partial charge in [0, 0.05) is 42.2 Å². The number of carbonyl (C=O) groups excluding carboxylic acids is 1. The molecule has 1 N–H and O–H groups in total. The molecule has 5 nitrogen and oxygen atoms in total. The van der Waals surface area contributed by atoms with E-state index in [1.54, 1.807) is 12.1 Å². The number of nitrogens with one attached hydrogen (secondary N) is 1. The number of likely N-dealkylation sites (tertiary alicyclic amines) is 1. The molecule has 1 aromatic carbocycles. The van der Waals surface area contributed by atoms with Gasteiger partial charge in [-0.2, -0.15) is 0 Å². The maximum Gasteiger partial charge on any atom is 0.310 e. The maximum atomic E-state index is 14.1. The molecule has 0 aromatic heterocycles. The van der Waals surface area contributed by atoms with E-state index in [0.717, 1.165) is 18.9 Å². The van der Waals surface area contributed by atoms with Gasteiger partial charge >= 0.3 is 5.97 Å². The molecular weight excluding hydrogens is 484 g/mol. The first kappa shape index (κ1) is 22.2. The average Bonchev–Trinajstić information content (AvgIpc) is 3.24. The highest BCUT2D eigenvalue weighted by Crippen LogP contribution is 2.45.